The second-order valence-corrected chi connectivity index (χ2v) is 18.0. The van der Waals surface area contributed by atoms with E-state index >= 15 is 0 Å². The van der Waals surface area contributed by atoms with Crippen molar-refractivity contribution in [2.75, 3.05) is 13.2 Å². The van der Waals surface area contributed by atoms with Gasteiger partial charge in [-0.25, -0.2) is 4.79 Å². The fraction of sp³-hybridized carbons (Fsp3) is 0.875. The lowest BCUT2D eigenvalue weighted by atomic mass is 9.46. The molecule has 2 saturated heterocycles. The van der Waals surface area contributed by atoms with Crippen molar-refractivity contribution < 1.29 is 74.8 Å². The van der Waals surface area contributed by atoms with Gasteiger partial charge in [0.1, 0.15) is 48.8 Å². The maximum Gasteiger partial charge on any atom is 0.331 e. The van der Waals surface area contributed by atoms with Crippen LogP contribution in [-0.4, -0.2) is 150 Å². The average Bonchev–Trinajstić information content (AvgIpc) is 3.51. The van der Waals surface area contributed by atoms with E-state index < -0.39 is 104 Å². The Hall–Kier alpha value is -1.57. The van der Waals surface area contributed by atoms with Crippen LogP contribution in [-0.2, 0) is 23.7 Å². The summed E-state index contributed by atoms with van der Waals surface area (Å²) in [6.45, 7) is 8.86. The first kappa shape index (κ1) is 43.0. The maximum atomic E-state index is 11.9. The number of carboxylic acids is 1. The number of rotatable bonds is 11. The van der Waals surface area contributed by atoms with Gasteiger partial charge in [0.15, 0.2) is 12.6 Å². The summed E-state index contributed by atoms with van der Waals surface area (Å²) in [5, 5.41) is 105. The summed E-state index contributed by atoms with van der Waals surface area (Å²) in [7, 11) is 0. The fourth-order valence-corrected chi connectivity index (χ4v) is 11.5. The molecule has 0 radical (unpaired) electrons. The summed E-state index contributed by atoms with van der Waals surface area (Å²) in [5.41, 5.74) is 1.58. The van der Waals surface area contributed by atoms with E-state index in [2.05, 4.69) is 26.8 Å². The topological polar surface area (TPSA) is 256 Å². The van der Waals surface area contributed by atoms with Crippen LogP contribution in [0.15, 0.2) is 22.8 Å². The van der Waals surface area contributed by atoms with Crippen molar-refractivity contribution in [3.05, 3.63) is 22.8 Å². The molecule has 10 N–H and O–H groups in total. The number of aliphatic hydroxyl groups excluding tert-OH is 9. The summed E-state index contributed by atoms with van der Waals surface area (Å²) < 4.78 is 23.0. The number of carboxylic acid groups (broad SMARTS) is 1. The van der Waals surface area contributed by atoms with Crippen LogP contribution < -0.4 is 0 Å². The van der Waals surface area contributed by atoms with Gasteiger partial charge in [0.2, 0.25) is 0 Å². The molecule has 2 heterocycles. The van der Waals surface area contributed by atoms with E-state index in [9.17, 15) is 55.9 Å². The van der Waals surface area contributed by atoms with E-state index in [1.165, 1.54) is 0 Å². The van der Waals surface area contributed by atoms with Crippen LogP contribution in [0.1, 0.15) is 86.0 Å². The Labute approximate surface area is 322 Å². The van der Waals surface area contributed by atoms with Gasteiger partial charge in [0, 0.05) is 17.4 Å². The largest absolute Gasteiger partial charge is 0.478 e. The Morgan fingerprint density at radius 3 is 2.18 bits per heavy atom. The molecular weight excluding hydrogens is 720 g/mol. The number of hydrogen-bond donors (Lipinski definition) is 10. The van der Waals surface area contributed by atoms with Crippen molar-refractivity contribution in [2.45, 2.75) is 166 Å². The van der Waals surface area contributed by atoms with Crippen LogP contribution >= 0.6 is 0 Å². The van der Waals surface area contributed by atoms with E-state index in [-0.39, 0.29) is 29.2 Å². The standard InChI is InChI=1S/C40H64O15/c1-17(18(2)36(50)51)12-26(42)19(3)23-8-9-24-22-7-6-20-13-21(14-29(43)40(20,5)25(22)10-11-39(23,24)4)53-38-35(49)33(47)31(45)28(55-38)16-52-37-34(48)32(46)30(44)27(15-41)54-37/h6,19,21-35,37-38,41-49H,7-16H2,1-5H3,(H,50,51)/t19?,21-,22+,23-,24+,25+,26?,27-,28-,29+,30-,31-,32+,33+,34-,35-,37-,38-,39-,40+/m1/s1. The van der Waals surface area contributed by atoms with Gasteiger partial charge in [-0.05, 0) is 93.8 Å². The van der Waals surface area contributed by atoms with Crippen LogP contribution in [0.3, 0.4) is 0 Å². The van der Waals surface area contributed by atoms with Crippen molar-refractivity contribution in [3.8, 4) is 0 Å². The number of fused-ring (bicyclic) bond motifs is 5. The maximum absolute atomic E-state index is 11.9. The molecule has 0 aromatic carbocycles. The second-order valence-electron chi connectivity index (χ2n) is 18.0. The van der Waals surface area contributed by atoms with Crippen molar-refractivity contribution in [1.29, 1.82) is 0 Å². The number of ether oxygens (including phenoxy) is 4. The van der Waals surface area contributed by atoms with Crippen LogP contribution in [0.25, 0.3) is 0 Å². The Morgan fingerprint density at radius 1 is 0.891 bits per heavy atom. The van der Waals surface area contributed by atoms with Gasteiger partial charge in [-0.1, -0.05) is 38.0 Å². The molecule has 2 aliphatic heterocycles. The molecule has 6 aliphatic rings. The van der Waals surface area contributed by atoms with Crippen molar-refractivity contribution in [1.82, 2.24) is 0 Å². The molecule has 314 valence electrons. The molecule has 6 rings (SSSR count). The van der Waals surface area contributed by atoms with Gasteiger partial charge >= 0.3 is 5.97 Å². The smallest absolute Gasteiger partial charge is 0.331 e. The van der Waals surface area contributed by atoms with Crippen molar-refractivity contribution in [2.24, 2.45) is 40.4 Å². The highest BCUT2D eigenvalue weighted by Gasteiger charge is 2.62. The third kappa shape index (κ3) is 7.72. The lowest BCUT2D eigenvalue weighted by molar-refractivity contribution is -0.337. The molecule has 2 unspecified atom stereocenters. The third-order valence-electron chi connectivity index (χ3n) is 15.2. The zero-order chi connectivity index (χ0) is 40.3. The first-order valence-corrected chi connectivity index (χ1v) is 20.1. The van der Waals surface area contributed by atoms with E-state index in [4.69, 9.17) is 18.9 Å². The first-order chi connectivity index (χ1) is 25.8. The minimum absolute atomic E-state index is 0.00225. The fourth-order valence-electron chi connectivity index (χ4n) is 11.5. The van der Waals surface area contributed by atoms with Crippen molar-refractivity contribution >= 4 is 5.97 Å². The molecule has 55 heavy (non-hydrogen) atoms. The lowest BCUT2D eigenvalue weighted by Crippen LogP contribution is -2.62. The number of allylic oxidation sites excluding steroid dienone is 1. The molecular formula is C40H64O15. The number of carbonyl (C=O) groups is 1. The van der Waals surface area contributed by atoms with E-state index in [0.29, 0.717) is 36.2 Å². The molecule has 20 atom stereocenters. The molecule has 3 saturated carbocycles. The molecule has 5 fully saturated rings. The number of aliphatic hydroxyl groups is 9. The highest BCUT2D eigenvalue weighted by atomic mass is 16.7. The Bertz CT molecular complexity index is 1440. The highest BCUT2D eigenvalue weighted by molar-refractivity contribution is 5.86. The molecule has 0 amide bonds. The van der Waals surface area contributed by atoms with E-state index in [1.54, 1.807) is 13.8 Å². The highest BCUT2D eigenvalue weighted by Crippen LogP contribution is 2.67. The second kappa shape index (κ2) is 16.6. The molecule has 15 nitrogen and oxygen atoms in total. The monoisotopic (exact) mass is 784 g/mol. The minimum Gasteiger partial charge on any atom is -0.478 e. The van der Waals surface area contributed by atoms with E-state index in [0.717, 1.165) is 37.7 Å². The predicted molar refractivity (Wildman–Crippen MR) is 194 cm³/mol. The Balaban J connectivity index is 1.10. The van der Waals surface area contributed by atoms with Crippen molar-refractivity contribution in [3.63, 3.8) is 0 Å². The molecule has 0 aromatic rings. The van der Waals surface area contributed by atoms with Crippen LogP contribution in [0.4, 0.5) is 0 Å². The zero-order valence-corrected chi connectivity index (χ0v) is 32.6. The molecule has 0 bridgehead atoms. The van der Waals surface area contributed by atoms with Gasteiger partial charge in [0.05, 0.1) is 31.5 Å². The van der Waals surface area contributed by atoms with Crippen LogP contribution in [0.5, 0.6) is 0 Å². The summed E-state index contributed by atoms with van der Waals surface area (Å²) in [6.07, 6.45) is -9.09. The molecule has 0 spiro atoms. The summed E-state index contributed by atoms with van der Waals surface area (Å²) in [6, 6.07) is 0. The summed E-state index contributed by atoms with van der Waals surface area (Å²) >= 11 is 0. The van der Waals surface area contributed by atoms with Crippen LogP contribution in [0.2, 0.25) is 0 Å². The predicted octanol–water partition coefficient (Wildman–Crippen LogP) is 0.354. The molecule has 15 heteroatoms. The third-order valence-corrected chi connectivity index (χ3v) is 15.2. The van der Waals surface area contributed by atoms with E-state index in [1.807, 2.05) is 0 Å². The zero-order valence-electron chi connectivity index (χ0n) is 32.6. The number of aliphatic carboxylic acids is 1. The van der Waals surface area contributed by atoms with Gasteiger partial charge < -0.3 is 70.0 Å². The van der Waals surface area contributed by atoms with Gasteiger partial charge in [-0.15, -0.1) is 0 Å². The van der Waals surface area contributed by atoms with Gasteiger partial charge in [-0.2, -0.15) is 0 Å². The quantitative estimate of drug-likeness (QED) is 0.100. The first-order valence-electron chi connectivity index (χ1n) is 20.1. The van der Waals surface area contributed by atoms with Crippen LogP contribution in [0, 0.1) is 40.4 Å². The molecule has 0 aromatic heterocycles. The summed E-state index contributed by atoms with van der Waals surface area (Å²) in [5.74, 6) is 0.342. The normalized spacial score (nSPS) is 48.8. The van der Waals surface area contributed by atoms with Gasteiger partial charge in [-0.3, -0.25) is 0 Å². The Morgan fingerprint density at radius 2 is 1.53 bits per heavy atom. The number of hydrogen-bond acceptors (Lipinski definition) is 14. The molecule has 4 aliphatic carbocycles. The minimum atomic E-state index is -1.68. The Kier molecular flexibility index (Phi) is 13.0. The summed E-state index contributed by atoms with van der Waals surface area (Å²) in [4.78, 5) is 11.5. The SMILES string of the molecule is CC(CC(O)C(C)[C@H]1CC[C@H]2[C@@H]3CC=C4C[C@@H](O[C@@H]5O[C@H](CO[C@@H]6O[C@H](CO)[C@@H](O)[C@H](O)[C@H]6O)[C@@H](O)[C@H](O)[C@H]5O)C[C@H](O)[C@]4(C)[C@H]3CC[C@]12C)=C(C)C(=O)O. The van der Waals surface area contributed by atoms with Gasteiger partial charge in [0.25, 0.3) is 0 Å². The lowest BCUT2D eigenvalue weighted by Gasteiger charge is -2.60. The average molecular weight is 785 g/mol.